The molecule has 25 heavy (non-hydrogen) atoms. The Labute approximate surface area is 150 Å². The van der Waals surface area contributed by atoms with Crippen LogP contribution in [-0.2, 0) is 11.2 Å². The lowest BCUT2D eigenvalue weighted by molar-refractivity contribution is -0.00834. The molecule has 1 fully saturated rings. The van der Waals surface area contributed by atoms with Gasteiger partial charge in [0.1, 0.15) is 11.9 Å². The number of para-hydroxylation sites is 1. The fraction of sp³-hybridized carbons (Fsp3) is 0.632. The Morgan fingerprint density at radius 2 is 2.00 bits per heavy atom. The minimum Gasteiger partial charge on any atom is -0.488 e. The van der Waals surface area contributed by atoms with E-state index in [1.807, 2.05) is 12.1 Å². The zero-order valence-electron chi connectivity index (χ0n) is 15.5. The number of aliphatic imine (C=N–C) groups is 1. The van der Waals surface area contributed by atoms with Crippen LogP contribution in [0.3, 0.4) is 0 Å². The molecule has 1 aromatic carbocycles. The molecule has 0 bridgehead atoms. The van der Waals surface area contributed by atoms with Crippen LogP contribution in [0.2, 0.25) is 0 Å². The average Bonchev–Trinajstić information content (AvgIpc) is 3.05. The lowest BCUT2D eigenvalue weighted by atomic mass is 10.0. The normalized spacial score (nSPS) is 21.6. The van der Waals surface area contributed by atoms with Crippen molar-refractivity contribution in [1.29, 1.82) is 0 Å². The summed E-state index contributed by atoms with van der Waals surface area (Å²) in [4.78, 5) is 6.81. The van der Waals surface area contributed by atoms with Crippen LogP contribution in [0, 0.1) is 0 Å². The Hall–Kier alpha value is -1.79. The van der Waals surface area contributed by atoms with Crippen LogP contribution < -0.4 is 15.4 Å². The maximum Gasteiger partial charge on any atom is 0.191 e. The molecular weight excluding hydrogens is 316 g/mol. The zero-order valence-corrected chi connectivity index (χ0v) is 15.5. The largest absolute Gasteiger partial charge is 0.488 e. The van der Waals surface area contributed by atoms with Crippen molar-refractivity contribution in [3.63, 3.8) is 0 Å². The molecule has 0 aromatic heterocycles. The molecule has 2 aliphatic heterocycles. The van der Waals surface area contributed by atoms with Gasteiger partial charge < -0.3 is 20.1 Å². The third-order valence-corrected chi connectivity index (χ3v) is 4.99. The monoisotopic (exact) mass is 346 g/mol. The van der Waals surface area contributed by atoms with Gasteiger partial charge in [-0.25, -0.2) is 0 Å². The van der Waals surface area contributed by atoms with Crippen molar-refractivity contribution in [2.24, 2.45) is 4.99 Å². The van der Waals surface area contributed by atoms with Crippen LogP contribution >= 0.6 is 0 Å². The van der Waals surface area contributed by atoms with E-state index in [4.69, 9.17) is 9.47 Å². The van der Waals surface area contributed by atoms with Crippen LogP contribution in [0.25, 0.3) is 0 Å². The summed E-state index contributed by atoms with van der Waals surface area (Å²) in [6.07, 6.45) is 1.10. The minimum atomic E-state index is 0.0570. The average molecular weight is 346 g/mol. The van der Waals surface area contributed by atoms with E-state index in [1.54, 1.807) is 7.05 Å². The van der Waals surface area contributed by atoms with Crippen LogP contribution in [-0.4, -0.2) is 68.9 Å². The Bertz CT molecular complexity index is 572. The molecule has 0 spiro atoms. The Balaban J connectivity index is 1.44. The highest BCUT2D eigenvalue weighted by atomic mass is 16.5. The van der Waals surface area contributed by atoms with Crippen LogP contribution in [0.4, 0.5) is 0 Å². The van der Waals surface area contributed by atoms with Gasteiger partial charge in [-0.15, -0.1) is 0 Å². The number of benzene rings is 1. The summed E-state index contributed by atoms with van der Waals surface area (Å²) in [5.74, 6) is 1.83. The second-order valence-electron chi connectivity index (χ2n) is 7.27. The van der Waals surface area contributed by atoms with Crippen molar-refractivity contribution in [1.82, 2.24) is 15.5 Å². The molecule has 1 unspecified atom stereocenters. The number of guanidine groups is 1. The first-order valence-corrected chi connectivity index (χ1v) is 9.10. The summed E-state index contributed by atoms with van der Waals surface area (Å²) in [5.41, 5.74) is 1.34. The molecule has 0 aliphatic carbocycles. The fourth-order valence-corrected chi connectivity index (χ4v) is 3.38. The van der Waals surface area contributed by atoms with Crippen LogP contribution in [0.15, 0.2) is 29.3 Å². The van der Waals surface area contributed by atoms with Gasteiger partial charge in [-0.05, 0) is 25.5 Å². The second-order valence-corrected chi connectivity index (χ2v) is 7.27. The number of fused-ring (bicyclic) bond motifs is 1. The van der Waals surface area contributed by atoms with Crippen molar-refractivity contribution in [3.05, 3.63) is 29.8 Å². The molecule has 0 saturated carbocycles. The van der Waals surface area contributed by atoms with Gasteiger partial charge in [0.25, 0.3) is 0 Å². The van der Waals surface area contributed by atoms with E-state index >= 15 is 0 Å². The van der Waals surface area contributed by atoms with E-state index in [9.17, 15) is 0 Å². The maximum absolute atomic E-state index is 5.98. The number of morpholine rings is 1. The quantitative estimate of drug-likeness (QED) is 0.621. The molecule has 1 saturated heterocycles. The molecular formula is C19H30N4O2. The van der Waals surface area contributed by atoms with Crippen molar-refractivity contribution in [2.45, 2.75) is 31.9 Å². The lowest BCUT2D eigenvalue weighted by Crippen LogP contribution is -2.56. The summed E-state index contributed by atoms with van der Waals surface area (Å²) in [6.45, 7) is 9.69. The smallest absolute Gasteiger partial charge is 0.191 e. The van der Waals surface area contributed by atoms with Crippen molar-refractivity contribution in [3.8, 4) is 5.75 Å². The highest BCUT2D eigenvalue weighted by molar-refractivity contribution is 5.79. The number of nitrogens with one attached hydrogen (secondary N) is 2. The van der Waals surface area contributed by atoms with Gasteiger partial charge in [0.15, 0.2) is 5.96 Å². The van der Waals surface area contributed by atoms with Gasteiger partial charge >= 0.3 is 0 Å². The van der Waals surface area contributed by atoms with Gasteiger partial charge in [-0.2, -0.15) is 0 Å². The number of ether oxygens (including phenoxy) is 2. The van der Waals surface area contributed by atoms with Crippen LogP contribution in [0.1, 0.15) is 19.4 Å². The number of rotatable bonds is 5. The lowest BCUT2D eigenvalue weighted by Gasteiger charge is -2.41. The molecule has 6 heteroatoms. The SMILES string of the molecule is CN=C(NCC1Cc2ccccc2O1)NCC(C)(C)N1CCOCC1. The van der Waals surface area contributed by atoms with Crippen molar-refractivity contribution < 1.29 is 9.47 Å². The summed E-state index contributed by atoms with van der Waals surface area (Å²) >= 11 is 0. The van der Waals surface area contributed by atoms with Gasteiger partial charge in [-0.3, -0.25) is 9.89 Å². The fourth-order valence-electron chi connectivity index (χ4n) is 3.38. The molecule has 6 nitrogen and oxygen atoms in total. The Kier molecular flexibility index (Phi) is 5.81. The highest BCUT2D eigenvalue weighted by Crippen LogP contribution is 2.27. The zero-order chi connectivity index (χ0) is 17.7. The summed E-state index contributed by atoms with van der Waals surface area (Å²) in [6, 6.07) is 8.25. The first kappa shape index (κ1) is 18.0. The topological polar surface area (TPSA) is 58.1 Å². The third kappa shape index (κ3) is 4.64. The van der Waals surface area contributed by atoms with Crippen molar-refractivity contribution in [2.75, 3.05) is 46.4 Å². The van der Waals surface area contributed by atoms with Crippen molar-refractivity contribution >= 4 is 5.96 Å². The predicted octanol–water partition coefficient (Wildman–Crippen LogP) is 1.27. The minimum absolute atomic E-state index is 0.0570. The number of hydrogen-bond donors (Lipinski definition) is 2. The molecule has 2 N–H and O–H groups in total. The Morgan fingerprint density at radius 1 is 1.24 bits per heavy atom. The standard InChI is InChI=1S/C19H30N4O2/c1-19(2,23-8-10-24-11-9-23)14-22-18(20-3)21-13-16-12-15-6-4-5-7-17(15)25-16/h4-7,16H,8-14H2,1-3H3,(H2,20,21,22). The molecule has 0 radical (unpaired) electrons. The number of nitrogens with zero attached hydrogens (tertiary/aromatic N) is 2. The third-order valence-electron chi connectivity index (χ3n) is 4.99. The summed E-state index contributed by atoms with van der Waals surface area (Å²) in [5, 5.41) is 6.85. The maximum atomic E-state index is 5.98. The molecule has 0 amide bonds. The second kappa shape index (κ2) is 8.06. The molecule has 138 valence electrons. The van der Waals surface area contributed by atoms with Gasteiger partial charge in [0, 0.05) is 38.6 Å². The van der Waals surface area contributed by atoms with E-state index in [-0.39, 0.29) is 11.6 Å². The van der Waals surface area contributed by atoms with E-state index < -0.39 is 0 Å². The predicted molar refractivity (Wildman–Crippen MR) is 100 cm³/mol. The van der Waals surface area contributed by atoms with E-state index in [0.717, 1.165) is 57.5 Å². The van der Waals surface area contributed by atoms with E-state index in [2.05, 4.69) is 46.5 Å². The highest BCUT2D eigenvalue weighted by Gasteiger charge is 2.28. The number of hydrogen-bond acceptors (Lipinski definition) is 4. The molecule has 3 rings (SSSR count). The summed E-state index contributed by atoms with van der Waals surface area (Å²) in [7, 11) is 1.81. The van der Waals surface area contributed by atoms with E-state index in [1.165, 1.54) is 5.56 Å². The van der Waals surface area contributed by atoms with Gasteiger partial charge in [0.2, 0.25) is 0 Å². The van der Waals surface area contributed by atoms with Gasteiger partial charge in [-0.1, -0.05) is 18.2 Å². The van der Waals surface area contributed by atoms with E-state index in [0.29, 0.717) is 0 Å². The first-order valence-electron chi connectivity index (χ1n) is 9.10. The van der Waals surface area contributed by atoms with Crippen LogP contribution in [0.5, 0.6) is 5.75 Å². The first-order chi connectivity index (χ1) is 12.1. The molecule has 1 aromatic rings. The summed E-state index contributed by atoms with van der Waals surface area (Å²) < 4.78 is 11.4. The van der Waals surface area contributed by atoms with Gasteiger partial charge in [0.05, 0.1) is 19.8 Å². The molecule has 1 atom stereocenters. The molecule has 2 aliphatic rings. The molecule has 2 heterocycles. The Morgan fingerprint density at radius 3 is 2.72 bits per heavy atom.